The number of piperidine rings is 1. The van der Waals surface area contributed by atoms with E-state index in [1.54, 1.807) is 12.1 Å². The van der Waals surface area contributed by atoms with Crippen LogP contribution in [0.5, 0.6) is 0 Å². The number of aromatic nitrogens is 3. The van der Waals surface area contributed by atoms with Crippen molar-refractivity contribution in [3.8, 4) is 16.9 Å². The van der Waals surface area contributed by atoms with Gasteiger partial charge >= 0.3 is 5.97 Å². The molecule has 7 heteroatoms. The molecule has 0 spiro atoms. The molecular weight excluding hydrogens is 438 g/mol. The van der Waals surface area contributed by atoms with E-state index in [0.717, 1.165) is 70.5 Å². The van der Waals surface area contributed by atoms with E-state index in [9.17, 15) is 4.79 Å². The lowest BCUT2D eigenvalue weighted by molar-refractivity contribution is 0.0697. The lowest BCUT2D eigenvalue weighted by Crippen LogP contribution is -2.40. The van der Waals surface area contributed by atoms with E-state index in [0.29, 0.717) is 0 Å². The molecule has 3 N–H and O–H groups in total. The highest BCUT2D eigenvalue weighted by Gasteiger charge is 2.22. The summed E-state index contributed by atoms with van der Waals surface area (Å²) in [6.07, 6.45) is 3.75. The van der Waals surface area contributed by atoms with Crippen LogP contribution in [0, 0.1) is 0 Å². The highest BCUT2D eigenvalue weighted by atomic mass is 16.4. The van der Waals surface area contributed by atoms with Crippen LogP contribution >= 0.6 is 0 Å². The Balaban J connectivity index is 1.45. The zero-order valence-corrected chi connectivity index (χ0v) is 19.1. The van der Waals surface area contributed by atoms with Gasteiger partial charge in [0.1, 0.15) is 6.33 Å². The van der Waals surface area contributed by atoms with E-state index >= 15 is 0 Å². The Morgan fingerprint density at radius 2 is 1.66 bits per heavy atom. The molecular formula is C28H25N5O2. The summed E-state index contributed by atoms with van der Waals surface area (Å²) in [5.74, 6) is -0.0691. The van der Waals surface area contributed by atoms with Crippen LogP contribution in [0.1, 0.15) is 23.2 Å². The van der Waals surface area contributed by atoms with Gasteiger partial charge in [-0.1, -0.05) is 36.4 Å². The molecule has 1 aliphatic rings. The van der Waals surface area contributed by atoms with Gasteiger partial charge in [-0.15, -0.1) is 0 Å². The Morgan fingerprint density at radius 1 is 0.914 bits per heavy atom. The van der Waals surface area contributed by atoms with Crippen LogP contribution in [0.15, 0.2) is 79.1 Å². The summed E-state index contributed by atoms with van der Waals surface area (Å²) in [6.45, 7) is 1.80. The fourth-order valence-corrected chi connectivity index (χ4v) is 4.81. The largest absolute Gasteiger partial charge is 0.478 e. The molecule has 2 aromatic heterocycles. The topological polar surface area (TPSA) is 97.3 Å². The van der Waals surface area contributed by atoms with Crippen molar-refractivity contribution in [2.75, 3.05) is 18.0 Å². The van der Waals surface area contributed by atoms with E-state index < -0.39 is 5.97 Å². The van der Waals surface area contributed by atoms with Crippen LogP contribution < -0.4 is 10.6 Å². The van der Waals surface area contributed by atoms with Crippen molar-refractivity contribution in [1.29, 1.82) is 0 Å². The van der Waals surface area contributed by atoms with Gasteiger partial charge in [0.2, 0.25) is 0 Å². The number of imidazole rings is 1. The lowest BCUT2D eigenvalue weighted by Gasteiger charge is -2.33. The van der Waals surface area contributed by atoms with Gasteiger partial charge in [-0.2, -0.15) is 0 Å². The fourth-order valence-electron chi connectivity index (χ4n) is 4.81. The monoisotopic (exact) mass is 463 g/mol. The molecule has 35 heavy (non-hydrogen) atoms. The van der Waals surface area contributed by atoms with Crippen molar-refractivity contribution in [2.45, 2.75) is 18.9 Å². The van der Waals surface area contributed by atoms with Crippen LogP contribution in [-0.4, -0.2) is 44.7 Å². The maximum Gasteiger partial charge on any atom is 0.335 e. The van der Waals surface area contributed by atoms with E-state index in [4.69, 9.17) is 20.8 Å². The highest BCUT2D eigenvalue weighted by Crippen LogP contribution is 2.32. The standard InChI is InChI=1S/C28H25N5O2/c29-22-11-13-32(14-12-22)26-16-21-3-1-2-4-23(21)31-27(26)33-17-30-24-15-20(9-10-25(24)33)18-5-7-19(8-6-18)28(34)35/h1-10,15-17,22H,11-14,29H2,(H,34,35). The first-order valence-electron chi connectivity index (χ1n) is 11.8. The van der Waals surface area contributed by atoms with Crippen molar-refractivity contribution >= 4 is 33.6 Å². The summed E-state index contributed by atoms with van der Waals surface area (Å²) in [6, 6.07) is 23.7. The normalized spacial score (nSPS) is 14.6. The SMILES string of the molecule is NC1CCN(c2cc3ccccc3nc2-n2cnc3cc(-c4ccc(C(=O)O)cc4)ccc32)CC1. The average Bonchev–Trinajstić information content (AvgIpc) is 3.31. The van der Waals surface area contributed by atoms with Crippen LogP contribution in [-0.2, 0) is 0 Å². The third kappa shape index (κ3) is 3.90. The number of carboxylic acid groups (broad SMARTS) is 1. The van der Waals surface area contributed by atoms with Gasteiger partial charge in [0.25, 0.3) is 0 Å². The number of anilines is 1. The third-order valence-electron chi connectivity index (χ3n) is 6.81. The second kappa shape index (κ2) is 8.52. The van der Waals surface area contributed by atoms with E-state index in [-0.39, 0.29) is 11.6 Å². The first-order valence-corrected chi connectivity index (χ1v) is 11.8. The van der Waals surface area contributed by atoms with Gasteiger partial charge in [-0.3, -0.25) is 4.57 Å². The number of nitrogens with zero attached hydrogens (tertiary/aromatic N) is 4. The number of benzene rings is 3. The number of aromatic carboxylic acids is 1. The van der Waals surface area contributed by atoms with Gasteiger partial charge in [-0.25, -0.2) is 14.8 Å². The highest BCUT2D eigenvalue weighted by molar-refractivity contribution is 5.90. The molecule has 1 fully saturated rings. The molecule has 3 heterocycles. The maximum absolute atomic E-state index is 11.2. The number of pyridine rings is 1. The Labute approximate surface area is 202 Å². The molecule has 7 nitrogen and oxygen atoms in total. The molecule has 0 bridgehead atoms. The minimum atomic E-state index is -0.930. The fraction of sp³-hybridized carbons (Fsp3) is 0.179. The first kappa shape index (κ1) is 21.3. The molecule has 3 aromatic carbocycles. The summed E-state index contributed by atoms with van der Waals surface area (Å²) >= 11 is 0. The van der Waals surface area contributed by atoms with E-state index in [2.05, 4.69) is 27.7 Å². The van der Waals surface area contributed by atoms with Crippen molar-refractivity contribution < 1.29 is 9.90 Å². The predicted molar refractivity (Wildman–Crippen MR) is 138 cm³/mol. The smallest absolute Gasteiger partial charge is 0.335 e. The summed E-state index contributed by atoms with van der Waals surface area (Å²) < 4.78 is 2.06. The molecule has 0 aliphatic carbocycles. The third-order valence-corrected chi connectivity index (χ3v) is 6.81. The number of fused-ring (bicyclic) bond motifs is 2. The number of hydrogen-bond acceptors (Lipinski definition) is 5. The molecule has 6 rings (SSSR count). The van der Waals surface area contributed by atoms with E-state index in [1.807, 2.05) is 48.8 Å². The van der Waals surface area contributed by atoms with Gasteiger partial charge in [0, 0.05) is 24.5 Å². The summed E-state index contributed by atoms with van der Waals surface area (Å²) in [7, 11) is 0. The number of nitrogens with two attached hydrogens (primary N) is 1. The number of hydrogen-bond donors (Lipinski definition) is 2. The molecule has 1 aliphatic heterocycles. The molecule has 0 amide bonds. The molecule has 0 saturated carbocycles. The molecule has 0 atom stereocenters. The first-order chi connectivity index (χ1) is 17.1. The Hall–Kier alpha value is -4.23. The van der Waals surface area contributed by atoms with Crippen LogP contribution in [0.4, 0.5) is 5.69 Å². The lowest BCUT2D eigenvalue weighted by atomic mass is 10.0. The Bertz CT molecular complexity index is 1550. The van der Waals surface area contributed by atoms with Crippen LogP contribution in [0.25, 0.3) is 38.9 Å². The quantitative estimate of drug-likeness (QED) is 0.395. The van der Waals surface area contributed by atoms with Crippen LogP contribution in [0.3, 0.4) is 0 Å². The molecule has 1 saturated heterocycles. The number of para-hydroxylation sites is 1. The second-order valence-electron chi connectivity index (χ2n) is 9.05. The minimum Gasteiger partial charge on any atom is -0.478 e. The predicted octanol–water partition coefficient (Wildman–Crippen LogP) is 4.87. The maximum atomic E-state index is 11.2. The van der Waals surface area contributed by atoms with Gasteiger partial charge in [0.05, 0.1) is 27.8 Å². The summed E-state index contributed by atoms with van der Waals surface area (Å²) in [5.41, 5.74) is 12.2. The number of carbonyl (C=O) groups is 1. The minimum absolute atomic E-state index is 0.250. The van der Waals surface area contributed by atoms with Crippen LogP contribution in [0.2, 0.25) is 0 Å². The number of rotatable bonds is 4. The van der Waals surface area contributed by atoms with Gasteiger partial charge in [0.15, 0.2) is 5.82 Å². The van der Waals surface area contributed by atoms with Gasteiger partial charge < -0.3 is 15.7 Å². The van der Waals surface area contributed by atoms with Crippen molar-refractivity contribution in [3.63, 3.8) is 0 Å². The van der Waals surface area contributed by atoms with Crippen molar-refractivity contribution in [1.82, 2.24) is 14.5 Å². The molecule has 0 radical (unpaired) electrons. The van der Waals surface area contributed by atoms with Crippen molar-refractivity contribution in [2.24, 2.45) is 5.73 Å². The average molecular weight is 464 g/mol. The Morgan fingerprint density at radius 3 is 2.43 bits per heavy atom. The summed E-state index contributed by atoms with van der Waals surface area (Å²) in [4.78, 5) is 23.3. The summed E-state index contributed by atoms with van der Waals surface area (Å²) in [5, 5.41) is 10.3. The second-order valence-corrected chi connectivity index (χ2v) is 9.05. The van der Waals surface area contributed by atoms with Gasteiger partial charge in [-0.05, 0) is 60.4 Å². The molecule has 174 valence electrons. The molecule has 5 aromatic rings. The zero-order valence-electron chi connectivity index (χ0n) is 19.1. The zero-order chi connectivity index (χ0) is 23.9. The van der Waals surface area contributed by atoms with E-state index in [1.165, 1.54) is 0 Å². The van der Waals surface area contributed by atoms with Crippen molar-refractivity contribution in [3.05, 3.63) is 84.7 Å². The number of carboxylic acids is 1. The molecule has 0 unspecified atom stereocenters. The Kier molecular flexibility index (Phi) is 5.19.